The highest BCUT2D eigenvalue weighted by atomic mass is 14.7. The Balaban J connectivity index is 2.70. The molecule has 2 N–H and O–H groups in total. The van der Waals surface area contributed by atoms with Gasteiger partial charge in [0.05, 0.1) is 5.52 Å². The second-order valence-electron chi connectivity index (χ2n) is 3.83. The molecule has 1 heterocycles. The lowest BCUT2D eigenvalue weighted by atomic mass is 10.0. The first-order valence-electron chi connectivity index (χ1n) is 4.82. The highest BCUT2D eigenvalue weighted by Crippen LogP contribution is 2.23. The van der Waals surface area contributed by atoms with Gasteiger partial charge in [-0.1, -0.05) is 19.9 Å². The molecule has 0 amide bonds. The molecule has 14 heavy (non-hydrogen) atoms. The van der Waals surface area contributed by atoms with Crippen LogP contribution in [0.2, 0.25) is 0 Å². The molecule has 2 nitrogen and oxygen atoms in total. The molecule has 1 aromatic carbocycles. The number of pyridine rings is 1. The van der Waals surface area contributed by atoms with Gasteiger partial charge in [-0.05, 0) is 29.7 Å². The lowest BCUT2D eigenvalue weighted by molar-refractivity contribution is 0.868. The first-order chi connectivity index (χ1) is 6.68. The van der Waals surface area contributed by atoms with Crippen LogP contribution in [0.5, 0.6) is 0 Å². The molecule has 0 bridgehead atoms. The van der Waals surface area contributed by atoms with E-state index in [2.05, 4.69) is 31.0 Å². The zero-order valence-corrected chi connectivity index (χ0v) is 8.49. The van der Waals surface area contributed by atoms with Crippen LogP contribution in [0.15, 0.2) is 30.5 Å². The molecule has 0 aliphatic rings. The van der Waals surface area contributed by atoms with E-state index in [-0.39, 0.29) is 0 Å². The van der Waals surface area contributed by atoms with Gasteiger partial charge in [-0.15, -0.1) is 0 Å². The van der Waals surface area contributed by atoms with Crippen LogP contribution in [0.1, 0.15) is 25.3 Å². The third-order valence-electron chi connectivity index (χ3n) is 2.47. The first-order valence-corrected chi connectivity index (χ1v) is 4.82. The minimum Gasteiger partial charge on any atom is -0.398 e. The van der Waals surface area contributed by atoms with Gasteiger partial charge < -0.3 is 5.73 Å². The molecule has 0 radical (unpaired) electrons. The normalized spacial score (nSPS) is 11.1. The second kappa shape index (κ2) is 3.29. The van der Waals surface area contributed by atoms with Crippen LogP contribution in [0.3, 0.4) is 0 Å². The van der Waals surface area contributed by atoms with E-state index in [1.54, 1.807) is 6.20 Å². The summed E-state index contributed by atoms with van der Waals surface area (Å²) in [6.07, 6.45) is 1.74. The summed E-state index contributed by atoms with van der Waals surface area (Å²) in [6, 6.07) is 8.11. The zero-order valence-electron chi connectivity index (χ0n) is 8.49. The monoisotopic (exact) mass is 186 g/mol. The average Bonchev–Trinajstić information content (AvgIpc) is 2.18. The van der Waals surface area contributed by atoms with Crippen LogP contribution in [-0.2, 0) is 0 Å². The summed E-state index contributed by atoms with van der Waals surface area (Å²) >= 11 is 0. The molecule has 0 atom stereocenters. The van der Waals surface area contributed by atoms with Crippen molar-refractivity contribution in [2.75, 3.05) is 5.73 Å². The number of hydrogen-bond donors (Lipinski definition) is 1. The van der Waals surface area contributed by atoms with E-state index in [4.69, 9.17) is 5.73 Å². The van der Waals surface area contributed by atoms with Crippen molar-refractivity contribution in [2.45, 2.75) is 19.8 Å². The standard InChI is InChI=1S/C12H14N2/c1-8(2)9-3-4-12-10(7-9)11(13)5-6-14-12/h3-8H,1-2H3,(H2,13,14). The fraction of sp³-hybridized carbons (Fsp3) is 0.250. The van der Waals surface area contributed by atoms with Crippen LogP contribution in [0.25, 0.3) is 10.9 Å². The van der Waals surface area contributed by atoms with E-state index >= 15 is 0 Å². The average molecular weight is 186 g/mol. The molecule has 0 spiro atoms. The van der Waals surface area contributed by atoms with Crippen molar-refractivity contribution in [3.8, 4) is 0 Å². The van der Waals surface area contributed by atoms with Gasteiger partial charge in [0.2, 0.25) is 0 Å². The Labute approximate surface area is 83.8 Å². The quantitative estimate of drug-likeness (QED) is 0.743. The number of rotatable bonds is 1. The third kappa shape index (κ3) is 1.43. The molecule has 0 fully saturated rings. The van der Waals surface area contributed by atoms with Gasteiger partial charge >= 0.3 is 0 Å². The van der Waals surface area contributed by atoms with Gasteiger partial charge in [0.15, 0.2) is 0 Å². The fourth-order valence-corrected chi connectivity index (χ4v) is 1.54. The Bertz CT molecular complexity index is 461. The Morgan fingerprint density at radius 2 is 2.00 bits per heavy atom. The summed E-state index contributed by atoms with van der Waals surface area (Å²) in [6.45, 7) is 4.35. The van der Waals surface area contributed by atoms with E-state index in [1.165, 1.54) is 5.56 Å². The van der Waals surface area contributed by atoms with Gasteiger partial charge in [-0.2, -0.15) is 0 Å². The summed E-state index contributed by atoms with van der Waals surface area (Å²) in [5, 5.41) is 1.05. The maximum Gasteiger partial charge on any atom is 0.0722 e. The summed E-state index contributed by atoms with van der Waals surface area (Å²) < 4.78 is 0. The van der Waals surface area contributed by atoms with E-state index in [1.807, 2.05) is 12.1 Å². The minimum absolute atomic E-state index is 0.527. The van der Waals surface area contributed by atoms with E-state index in [0.29, 0.717) is 5.92 Å². The lowest BCUT2D eigenvalue weighted by Crippen LogP contribution is -1.92. The summed E-state index contributed by atoms with van der Waals surface area (Å²) in [4.78, 5) is 4.26. The molecule has 2 rings (SSSR count). The van der Waals surface area contributed by atoms with Crippen molar-refractivity contribution in [2.24, 2.45) is 0 Å². The molecule has 0 saturated carbocycles. The van der Waals surface area contributed by atoms with Gasteiger partial charge in [-0.3, -0.25) is 4.98 Å². The van der Waals surface area contributed by atoms with Crippen molar-refractivity contribution in [1.29, 1.82) is 0 Å². The molecule has 0 aliphatic carbocycles. The maximum absolute atomic E-state index is 5.89. The number of aromatic nitrogens is 1. The first kappa shape index (κ1) is 9.00. The number of hydrogen-bond acceptors (Lipinski definition) is 2. The van der Waals surface area contributed by atoms with Crippen LogP contribution < -0.4 is 5.73 Å². The Morgan fingerprint density at radius 1 is 1.21 bits per heavy atom. The highest BCUT2D eigenvalue weighted by Gasteiger charge is 2.02. The summed E-state index contributed by atoms with van der Waals surface area (Å²) in [7, 11) is 0. The maximum atomic E-state index is 5.89. The van der Waals surface area contributed by atoms with Crippen LogP contribution in [0, 0.1) is 0 Å². The Morgan fingerprint density at radius 3 is 2.71 bits per heavy atom. The van der Waals surface area contributed by atoms with Crippen molar-refractivity contribution < 1.29 is 0 Å². The number of nitrogen functional groups attached to an aromatic ring is 1. The molecule has 0 saturated heterocycles. The fourth-order valence-electron chi connectivity index (χ4n) is 1.54. The predicted molar refractivity (Wildman–Crippen MR) is 60.2 cm³/mol. The molecule has 2 heteroatoms. The van der Waals surface area contributed by atoms with Gasteiger partial charge in [0.1, 0.15) is 0 Å². The summed E-state index contributed by atoms with van der Waals surface area (Å²) in [5.74, 6) is 0.527. The van der Waals surface area contributed by atoms with Crippen LogP contribution in [0.4, 0.5) is 5.69 Å². The van der Waals surface area contributed by atoms with Crippen molar-refractivity contribution in [1.82, 2.24) is 4.98 Å². The smallest absolute Gasteiger partial charge is 0.0722 e. The lowest BCUT2D eigenvalue weighted by Gasteiger charge is -2.07. The molecule has 72 valence electrons. The largest absolute Gasteiger partial charge is 0.398 e. The second-order valence-corrected chi connectivity index (χ2v) is 3.83. The SMILES string of the molecule is CC(C)c1ccc2nccc(N)c2c1. The molecule has 1 aromatic heterocycles. The Kier molecular flexibility index (Phi) is 2.12. The van der Waals surface area contributed by atoms with Crippen LogP contribution >= 0.6 is 0 Å². The highest BCUT2D eigenvalue weighted by molar-refractivity contribution is 5.90. The Hall–Kier alpha value is -1.57. The molecule has 0 aliphatic heterocycles. The van der Waals surface area contributed by atoms with Crippen molar-refractivity contribution in [3.05, 3.63) is 36.0 Å². The van der Waals surface area contributed by atoms with E-state index in [9.17, 15) is 0 Å². The van der Waals surface area contributed by atoms with Crippen molar-refractivity contribution in [3.63, 3.8) is 0 Å². The molecular formula is C12H14N2. The number of benzene rings is 1. The number of anilines is 1. The number of fused-ring (bicyclic) bond motifs is 1. The van der Waals surface area contributed by atoms with E-state index < -0.39 is 0 Å². The number of nitrogens with zero attached hydrogens (tertiary/aromatic N) is 1. The molecule has 0 unspecified atom stereocenters. The third-order valence-corrected chi connectivity index (χ3v) is 2.47. The summed E-state index contributed by atoms with van der Waals surface area (Å²) in [5.41, 5.74) is 8.96. The molecule has 2 aromatic rings. The molecular weight excluding hydrogens is 172 g/mol. The van der Waals surface area contributed by atoms with E-state index in [0.717, 1.165) is 16.6 Å². The van der Waals surface area contributed by atoms with Crippen LogP contribution in [-0.4, -0.2) is 4.98 Å². The number of nitrogens with two attached hydrogens (primary N) is 1. The minimum atomic E-state index is 0.527. The van der Waals surface area contributed by atoms with Crippen molar-refractivity contribution >= 4 is 16.6 Å². The topological polar surface area (TPSA) is 38.9 Å². The predicted octanol–water partition coefficient (Wildman–Crippen LogP) is 2.94. The van der Waals surface area contributed by atoms with Gasteiger partial charge in [0.25, 0.3) is 0 Å². The van der Waals surface area contributed by atoms with Gasteiger partial charge in [0, 0.05) is 17.3 Å². The zero-order chi connectivity index (χ0) is 10.1. The van der Waals surface area contributed by atoms with Gasteiger partial charge in [-0.25, -0.2) is 0 Å².